The van der Waals surface area contributed by atoms with Crippen molar-refractivity contribution < 1.29 is 14.3 Å². The molecule has 1 heterocycles. The lowest BCUT2D eigenvalue weighted by atomic mass is 9.82. The molecule has 0 aromatic carbocycles. The monoisotopic (exact) mass is 387 g/mol. The van der Waals surface area contributed by atoms with Gasteiger partial charge in [-0.15, -0.1) is 11.3 Å². The minimum Gasteiger partial charge on any atom is -0.462 e. The van der Waals surface area contributed by atoms with Crippen LogP contribution in [0.3, 0.4) is 0 Å². The zero-order valence-corrected chi connectivity index (χ0v) is 15.6. The molecule has 0 atom stereocenters. The van der Waals surface area contributed by atoms with Gasteiger partial charge in [-0.05, 0) is 60.5 Å². The molecule has 1 aromatic rings. The van der Waals surface area contributed by atoms with E-state index in [1.54, 1.807) is 18.9 Å². The van der Waals surface area contributed by atoms with Crippen LogP contribution in [-0.4, -0.2) is 25.5 Å². The Morgan fingerprint density at radius 3 is 2.59 bits per heavy atom. The maximum atomic E-state index is 12.7. The fourth-order valence-electron chi connectivity index (χ4n) is 2.84. The van der Waals surface area contributed by atoms with Crippen molar-refractivity contribution in [1.29, 1.82) is 0 Å². The van der Waals surface area contributed by atoms with Crippen LogP contribution in [0.5, 0.6) is 0 Å². The first-order valence-corrected chi connectivity index (χ1v) is 9.29. The van der Waals surface area contributed by atoms with Crippen LogP contribution in [0.4, 0.5) is 5.69 Å². The summed E-state index contributed by atoms with van der Waals surface area (Å²) in [5.41, 5.74) is 0.638. The predicted molar refractivity (Wildman–Crippen MR) is 92.5 cm³/mol. The summed E-state index contributed by atoms with van der Waals surface area (Å²) in [6.07, 6.45) is 4.07. The van der Waals surface area contributed by atoms with Crippen LogP contribution in [0.15, 0.2) is 9.85 Å². The molecule has 2 rings (SSSR count). The maximum Gasteiger partial charge on any atom is 0.350 e. The summed E-state index contributed by atoms with van der Waals surface area (Å²) < 4.78 is 5.91. The van der Waals surface area contributed by atoms with Gasteiger partial charge in [0.1, 0.15) is 4.88 Å². The van der Waals surface area contributed by atoms with E-state index in [-0.39, 0.29) is 17.8 Å². The van der Waals surface area contributed by atoms with E-state index in [0.29, 0.717) is 23.1 Å². The van der Waals surface area contributed by atoms with E-state index in [2.05, 4.69) is 22.9 Å². The highest BCUT2D eigenvalue weighted by Crippen LogP contribution is 2.36. The van der Waals surface area contributed by atoms with Gasteiger partial charge in [-0.2, -0.15) is 0 Å². The van der Waals surface area contributed by atoms with Gasteiger partial charge in [-0.3, -0.25) is 4.79 Å². The number of carbonyl (C=O) groups excluding carboxylic acids is 2. The van der Waals surface area contributed by atoms with Gasteiger partial charge < -0.3 is 9.64 Å². The van der Waals surface area contributed by atoms with E-state index >= 15 is 0 Å². The number of ether oxygens (including phenoxy) is 1. The smallest absolute Gasteiger partial charge is 0.350 e. The van der Waals surface area contributed by atoms with E-state index in [0.717, 1.165) is 29.5 Å². The Bertz CT molecular complexity index is 550. The number of esters is 1. The lowest BCUT2D eigenvalue weighted by Crippen LogP contribution is -2.35. The molecular formula is C16H22BrNO3S. The predicted octanol–water partition coefficient (Wildman–Crippen LogP) is 4.48. The molecule has 1 aliphatic rings. The van der Waals surface area contributed by atoms with Gasteiger partial charge in [0, 0.05) is 13.0 Å². The number of amides is 1. The van der Waals surface area contributed by atoms with Crippen LogP contribution in [-0.2, 0) is 9.53 Å². The molecule has 0 radical (unpaired) electrons. The Hall–Kier alpha value is -0.880. The van der Waals surface area contributed by atoms with Gasteiger partial charge in [0.25, 0.3) is 0 Å². The average molecular weight is 388 g/mol. The molecule has 1 aliphatic carbocycles. The Morgan fingerprint density at radius 2 is 2.00 bits per heavy atom. The molecular weight excluding hydrogens is 366 g/mol. The molecule has 0 bridgehead atoms. The summed E-state index contributed by atoms with van der Waals surface area (Å²) in [6, 6.07) is 1.82. The molecule has 1 amide bonds. The summed E-state index contributed by atoms with van der Waals surface area (Å²) in [5, 5.41) is 0. The van der Waals surface area contributed by atoms with Gasteiger partial charge >= 0.3 is 5.97 Å². The van der Waals surface area contributed by atoms with Crippen LogP contribution in [0, 0.1) is 11.8 Å². The molecule has 22 heavy (non-hydrogen) atoms. The third kappa shape index (κ3) is 3.90. The molecule has 0 aliphatic heterocycles. The number of rotatable bonds is 4. The largest absolute Gasteiger partial charge is 0.462 e. The van der Waals surface area contributed by atoms with E-state index in [1.165, 1.54) is 11.3 Å². The minimum absolute atomic E-state index is 0.0647. The highest BCUT2D eigenvalue weighted by Gasteiger charge is 2.30. The molecule has 1 fully saturated rings. The number of carbonyl (C=O) groups is 2. The summed E-state index contributed by atoms with van der Waals surface area (Å²) in [4.78, 5) is 26.9. The summed E-state index contributed by atoms with van der Waals surface area (Å²) in [7, 11) is 1.75. The number of halogens is 1. The SMILES string of the molecule is CCOC(=O)c1sc(Br)cc1N(C)C(=O)[C@H]1CC[C@H](C)CC1. The van der Waals surface area contributed by atoms with Gasteiger partial charge in [0.05, 0.1) is 16.1 Å². The summed E-state index contributed by atoms with van der Waals surface area (Å²) >= 11 is 4.70. The average Bonchev–Trinajstić information content (AvgIpc) is 2.89. The van der Waals surface area contributed by atoms with Crippen LogP contribution in [0.2, 0.25) is 0 Å². The molecule has 6 heteroatoms. The van der Waals surface area contributed by atoms with Crippen molar-refractivity contribution in [3.05, 3.63) is 14.7 Å². The first kappa shape index (κ1) is 17.5. The molecule has 0 saturated heterocycles. The van der Waals surface area contributed by atoms with E-state index in [1.807, 2.05) is 6.07 Å². The molecule has 0 unspecified atom stereocenters. The Kier molecular flexibility index (Phi) is 6.03. The van der Waals surface area contributed by atoms with Gasteiger partial charge in [0.15, 0.2) is 0 Å². The first-order chi connectivity index (χ1) is 10.4. The number of anilines is 1. The third-order valence-corrected chi connectivity index (χ3v) is 5.81. The number of hydrogen-bond donors (Lipinski definition) is 0. The second kappa shape index (κ2) is 7.59. The molecule has 1 aromatic heterocycles. The molecule has 4 nitrogen and oxygen atoms in total. The number of thiophene rings is 1. The fourth-order valence-corrected chi connectivity index (χ4v) is 4.35. The van der Waals surface area contributed by atoms with Crippen molar-refractivity contribution in [3.63, 3.8) is 0 Å². The maximum absolute atomic E-state index is 12.7. The molecule has 0 spiro atoms. The zero-order chi connectivity index (χ0) is 16.3. The number of hydrogen-bond acceptors (Lipinski definition) is 4. The van der Waals surface area contributed by atoms with Crippen molar-refractivity contribution in [2.24, 2.45) is 11.8 Å². The second-order valence-electron chi connectivity index (χ2n) is 5.84. The summed E-state index contributed by atoms with van der Waals surface area (Å²) in [6.45, 7) is 4.34. The standard InChI is InChI=1S/C16H22BrNO3S/c1-4-21-16(20)14-12(9-13(17)22-14)18(3)15(19)11-7-5-10(2)6-8-11/h9-11H,4-8H2,1-3H3/t10-,11-. The van der Waals surface area contributed by atoms with Gasteiger partial charge in [0.2, 0.25) is 5.91 Å². The molecule has 1 saturated carbocycles. The van der Waals surface area contributed by atoms with Crippen molar-refractivity contribution in [2.75, 3.05) is 18.6 Å². The van der Waals surface area contributed by atoms with Crippen LogP contribution in [0.1, 0.15) is 49.2 Å². The minimum atomic E-state index is -0.370. The normalized spacial score (nSPS) is 21.5. The van der Waals surface area contributed by atoms with Gasteiger partial charge in [-0.25, -0.2) is 4.79 Å². The highest BCUT2D eigenvalue weighted by molar-refractivity contribution is 9.11. The molecule has 0 N–H and O–H groups in total. The third-order valence-electron chi connectivity index (χ3n) is 4.20. The second-order valence-corrected chi connectivity index (χ2v) is 8.27. The van der Waals surface area contributed by atoms with Crippen LogP contribution in [0.25, 0.3) is 0 Å². The lowest BCUT2D eigenvalue weighted by molar-refractivity contribution is -0.123. The fraction of sp³-hybridized carbons (Fsp3) is 0.625. The van der Waals surface area contributed by atoms with Gasteiger partial charge in [-0.1, -0.05) is 6.92 Å². The van der Waals surface area contributed by atoms with Crippen molar-refractivity contribution in [1.82, 2.24) is 0 Å². The number of nitrogens with zero attached hydrogens (tertiary/aromatic N) is 1. The Labute approximate surface area is 144 Å². The van der Waals surface area contributed by atoms with Crippen molar-refractivity contribution >= 4 is 44.8 Å². The zero-order valence-electron chi connectivity index (χ0n) is 13.2. The van der Waals surface area contributed by atoms with Crippen LogP contribution >= 0.6 is 27.3 Å². The quantitative estimate of drug-likeness (QED) is 0.715. The van der Waals surface area contributed by atoms with Crippen molar-refractivity contribution in [2.45, 2.75) is 39.5 Å². The summed E-state index contributed by atoms with van der Waals surface area (Å²) in [5.74, 6) is 0.502. The topological polar surface area (TPSA) is 46.6 Å². The highest BCUT2D eigenvalue weighted by atomic mass is 79.9. The van der Waals surface area contributed by atoms with E-state index in [9.17, 15) is 9.59 Å². The Balaban J connectivity index is 2.16. The van der Waals surface area contributed by atoms with Crippen LogP contribution < -0.4 is 4.90 Å². The lowest BCUT2D eigenvalue weighted by Gasteiger charge is -2.29. The van der Waals surface area contributed by atoms with Crippen molar-refractivity contribution in [3.8, 4) is 0 Å². The molecule has 122 valence electrons. The van der Waals surface area contributed by atoms with E-state index in [4.69, 9.17) is 4.74 Å². The first-order valence-electron chi connectivity index (χ1n) is 7.68. The van der Waals surface area contributed by atoms with E-state index < -0.39 is 0 Å². The Morgan fingerprint density at radius 1 is 1.36 bits per heavy atom.